The average molecular weight is 343 g/mol. The number of rotatable bonds is 6. The van der Waals surface area contributed by atoms with Gasteiger partial charge in [0.1, 0.15) is 6.61 Å². The number of hydrogen-bond donors (Lipinski definition) is 0. The Morgan fingerprint density at radius 1 is 1.21 bits per heavy atom. The highest BCUT2D eigenvalue weighted by atomic mass is 32.2. The van der Waals surface area contributed by atoms with Crippen molar-refractivity contribution in [2.24, 2.45) is 0 Å². The Morgan fingerprint density at radius 2 is 2.04 bits per heavy atom. The van der Waals surface area contributed by atoms with Crippen molar-refractivity contribution >= 4 is 23.4 Å². The van der Waals surface area contributed by atoms with Gasteiger partial charge in [0.2, 0.25) is 0 Å². The highest BCUT2D eigenvalue weighted by Gasteiger charge is 2.22. The zero-order valence-corrected chi connectivity index (χ0v) is 14.6. The van der Waals surface area contributed by atoms with E-state index in [9.17, 15) is 4.79 Å². The highest BCUT2D eigenvalue weighted by Crippen LogP contribution is 2.40. The van der Waals surface area contributed by atoms with E-state index in [4.69, 9.17) is 9.47 Å². The van der Waals surface area contributed by atoms with Crippen LogP contribution in [0.25, 0.3) is 0 Å². The Labute approximate surface area is 146 Å². The van der Waals surface area contributed by atoms with Gasteiger partial charge in [0.15, 0.2) is 11.5 Å². The van der Waals surface area contributed by atoms with Gasteiger partial charge in [0.05, 0.1) is 12.2 Å². The van der Waals surface area contributed by atoms with Crippen molar-refractivity contribution in [2.45, 2.75) is 12.7 Å². The van der Waals surface area contributed by atoms with E-state index in [1.165, 1.54) is 12.5 Å². The largest absolute Gasteiger partial charge is 0.486 e. The molecule has 0 aliphatic carbocycles. The zero-order chi connectivity index (χ0) is 16.8. The van der Waals surface area contributed by atoms with Crippen LogP contribution in [-0.2, 0) is 10.5 Å². The third-order valence-corrected chi connectivity index (χ3v) is 4.79. The third-order valence-electron chi connectivity index (χ3n) is 3.78. The van der Waals surface area contributed by atoms with Gasteiger partial charge in [-0.05, 0) is 17.7 Å². The number of nitrogens with zero attached hydrogens (tertiary/aromatic N) is 1. The van der Waals surface area contributed by atoms with E-state index in [0.29, 0.717) is 18.1 Å². The standard InChI is InChI=1S/C19H21NO3S/c1-15(21)23-18-9-5-8-17-19(18)22-12-10-20(17)11-13-24-14-16-6-3-2-4-7-16/h2-9H,10-14H2,1H3. The summed E-state index contributed by atoms with van der Waals surface area (Å²) < 4.78 is 11.0. The first-order chi connectivity index (χ1) is 11.7. The molecule has 0 aromatic heterocycles. The normalized spacial score (nSPS) is 13.1. The molecule has 2 aromatic carbocycles. The monoisotopic (exact) mass is 343 g/mol. The molecule has 0 saturated heterocycles. The third kappa shape index (κ3) is 4.23. The molecule has 0 N–H and O–H groups in total. The number of hydrogen-bond acceptors (Lipinski definition) is 5. The number of benzene rings is 2. The zero-order valence-electron chi connectivity index (χ0n) is 13.7. The lowest BCUT2D eigenvalue weighted by atomic mass is 10.2. The van der Waals surface area contributed by atoms with Gasteiger partial charge in [0.25, 0.3) is 0 Å². The van der Waals surface area contributed by atoms with Gasteiger partial charge in [-0.1, -0.05) is 36.4 Å². The highest BCUT2D eigenvalue weighted by molar-refractivity contribution is 7.98. The van der Waals surface area contributed by atoms with E-state index in [1.807, 2.05) is 30.0 Å². The first kappa shape index (κ1) is 16.7. The maximum Gasteiger partial charge on any atom is 0.308 e. The van der Waals surface area contributed by atoms with E-state index in [0.717, 1.165) is 30.3 Å². The van der Waals surface area contributed by atoms with E-state index < -0.39 is 0 Å². The molecule has 1 aliphatic rings. The van der Waals surface area contributed by atoms with Gasteiger partial charge in [-0.15, -0.1) is 0 Å². The van der Waals surface area contributed by atoms with Gasteiger partial charge in [-0.25, -0.2) is 0 Å². The van der Waals surface area contributed by atoms with Crippen LogP contribution in [0.4, 0.5) is 5.69 Å². The van der Waals surface area contributed by atoms with Crippen molar-refractivity contribution in [3.8, 4) is 11.5 Å². The topological polar surface area (TPSA) is 38.8 Å². The first-order valence-electron chi connectivity index (χ1n) is 8.05. The number of carbonyl (C=O) groups excluding carboxylic acids is 1. The molecule has 5 heteroatoms. The summed E-state index contributed by atoms with van der Waals surface area (Å²) in [5, 5.41) is 0. The van der Waals surface area contributed by atoms with Gasteiger partial charge in [0, 0.05) is 25.0 Å². The SMILES string of the molecule is CC(=O)Oc1cccc2c1OCCN2CCSCc1ccccc1. The molecule has 1 heterocycles. The van der Waals surface area contributed by atoms with Gasteiger partial charge in [-0.2, -0.15) is 11.8 Å². The second kappa shape index (κ2) is 8.11. The predicted octanol–water partition coefficient (Wildman–Crippen LogP) is 3.74. The fourth-order valence-electron chi connectivity index (χ4n) is 2.68. The van der Waals surface area contributed by atoms with Gasteiger partial charge < -0.3 is 14.4 Å². The summed E-state index contributed by atoms with van der Waals surface area (Å²) in [7, 11) is 0. The summed E-state index contributed by atoms with van der Waals surface area (Å²) in [6, 6.07) is 16.2. The molecule has 0 radical (unpaired) electrons. The molecule has 126 valence electrons. The number of esters is 1. The quantitative estimate of drug-likeness (QED) is 0.454. The number of thioether (sulfide) groups is 1. The van der Waals surface area contributed by atoms with Crippen molar-refractivity contribution < 1.29 is 14.3 Å². The van der Waals surface area contributed by atoms with Crippen molar-refractivity contribution in [3.63, 3.8) is 0 Å². The molecule has 2 aromatic rings. The number of fused-ring (bicyclic) bond motifs is 1. The number of ether oxygens (including phenoxy) is 2. The molecular formula is C19H21NO3S. The maximum atomic E-state index is 11.2. The second-order valence-corrected chi connectivity index (χ2v) is 6.68. The Hall–Kier alpha value is -2.14. The minimum absolute atomic E-state index is 0.331. The Balaban J connectivity index is 1.59. The molecule has 0 saturated carbocycles. The van der Waals surface area contributed by atoms with Crippen LogP contribution in [0.15, 0.2) is 48.5 Å². The van der Waals surface area contributed by atoms with E-state index >= 15 is 0 Å². The van der Waals surface area contributed by atoms with Gasteiger partial charge in [-0.3, -0.25) is 4.79 Å². The van der Waals surface area contributed by atoms with Crippen LogP contribution >= 0.6 is 11.8 Å². The minimum atomic E-state index is -0.331. The summed E-state index contributed by atoms with van der Waals surface area (Å²) in [4.78, 5) is 13.5. The summed E-state index contributed by atoms with van der Waals surface area (Å²) in [6.07, 6.45) is 0. The summed E-state index contributed by atoms with van der Waals surface area (Å²) in [5.74, 6) is 2.90. The van der Waals surface area contributed by atoms with Crippen molar-refractivity contribution in [1.82, 2.24) is 0 Å². The molecule has 0 unspecified atom stereocenters. The van der Waals surface area contributed by atoms with E-state index in [2.05, 4.69) is 29.2 Å². The molecular weight excluding hydrogens is 322 g/mol. The first-order valence-corrected chi connectivity index (χ1v) is 9.20. The lowest BCUT2D eigenvalue weighted by Crippen LogP contribution is -2.34. The van der Waals surface area contributed by atoms with Crippen molar-refractivity contribution in [3.05, 3.63) is 54.1 Å². The van der Waals surface area contributed by atoms with E-state index in [1.54, 1.807) is 6.07 Å². The van der Waals surface area contributed by atoms with Gasteiger partial charge >= 0.3 is 5.97 Å². The Morgan fingerprint density at radius 3 is 2.83 bits per heavy atom. The van der Waals surface area contributed by atoms with Crippen LogP contribution in [0.3, 0.4) is 0 Å². The maximum absolute atomic E-state index is 11.2. The fourth-order valence-corrected chi connectivity index (χ4v) is 3.61. The van der Waals surface area contributed by atoms with Crippen molar-refractivity contribution in [2.75, 3.05) is 30.3 Å². The molecule has 1 aliphatic heterocycles. The average Bonchev–Trinajstić information content (AvgIpc) is 2.60. The lowest BCUT2D eigenvalue weighted by Gasteiger charge is -2.31. The molecule has 0 spiro atoms. The summed E-state index contributed by atoms with van der Waals surface area (Å²) in [6.45, 7) is 3.80. The summed E-state index contributed by atoms with van der Waals surface area (Å²) >= 11 is 1.92. The molecule has 0 amide bonds. The number of para-hydroxylation sites is 1. The predicted molar refractivity (Wildman–Crippen MR) is 98.1 cm³/mol. The Kier molecular flexibility index (Phi) is 5.64. The van der Waals surface area contributed by atoms with Crippen LogP contribution < -0.4 is 14.4 Å². The van der Waals surface area contributed by atoms with Crippen LogP contribution in [0, 0.1) is 0 Å². The lowest BCUT2D eigenvalue weighted by molar-refractivity contribution is -0.132. The number of carbonyl (C=O) groups is 1. The molecule has 24 heavy (non-hydrogen) atoms. The smallest absolute Gasteiger partial charge is 0.308 e. The van der Waals surface area contributed by atoms with Crippen molar-refractivity contribution in [1.29, 1.82) is 0 Å². The number of anilines is 1. The Bertz CT molecular complexity index is 690. The van der Waals surface area contributed by atoms with Crippen LogP contribution in [-0.4, -0.2) is 31.4 Å². The van der Waals surface area contributed by atoms with Crippen LogP contribution in [0.1, 0.15) is 12.5 Å². The fraction of sp³-hybridized carbons (Fsp3) is 0.316. The summed E-state index contributed by atoms with van der Waals surface area (Å²) in [5.41, 5.74) is 2.35. The minimum Gasteiger partial charge on any atom is -0.486 e. The van der Waals surface area contributed by atoms with E-state index in [-0.39, 0.29) is 5.97 Å². The second-order valence-electron chi connectivity index (χ2n) is 5.57. The van der Waals surface area contributed by atoms with Crippen LogP contribution in [0.2, 0.25) is 0 Å². The molecule has 3 rings (SSSR count). The molecule has 0 fully saturated rings. The molecule has 0 bridgehead atoms. The van der Waals surface area contributed by atoms with Crippen LogP contribution in [0.5, 0.6) is 11.5 Å². The molecule has 0 atom stereocenters. The molecule has 4 nitrogen and oxygen atoms in total.